The fourth-order valence-electron chi connectivity index (χ4n) is 8.30. The third-order valence-electron chi connectivity index (χ3n) is 12.3. The Morgan fingerprint density at radius 1 is 0.808 bits per heavy atom. The zero-order chi connectivity index (χ0) is 56.4. The number of carboxylic acids is 1. The summed E-state index contributed by atoms with van der Waals surface area (Å²) < 4.78 is 63.8. The number of aliphatic carboxylic acids is 1. The quantitative estimate of drug-likeness (QED) is 0.0148. The summed E-state index contributed by atoms with van der Waals surface area (Å²) in [4.78, 5) is 92.4. The predicted molar refractivity (Wildman–Crippen MR) is 284 cm³/mol. The molecule has 78 heavy (non-hydrogen) atoms. The number of rotatable bonds is 22. The molecule has 6 rings (SSSR count). The Labute approximate surface area is 451 Å². The van der Waals surface area contributed by atoms with E-state index in [1.807, 2.05) is 47.9 Å². The second-order valence-electron chi connectivity index (χ2n) is 17.7. The van der Waals surface area contributed by atoms with Crippen LogP contribution in [0, 0.1) is 13.8 Å². The van der Waals surface area contributed by atoms with Crippen molar-refractivity contribution in [1.82, 2.24) is 30.2 Å². The molecule has 0 saturated carbocycles. The monoisotopic (exact) mass is 1120 g/mol. The van der Waals surface area contributed by atoms with Gasteiger partial charge in [-0.1, -0.05) is 25.6 Å². The number of carbonyl (C=O) groups is 7. The molecule has 0 aromatic heterocycles. The molecule has 8 N–H and O–H groups in total. The number of nitrogens with two attached hydrogens (primary N) is 1. The summed E-state index contributed by atoms with van der Waals surface area (Å²) in [6.45, 7) is 6.16. The lowest BCUT2D eigenvalue weighted by Crippen LogP contribution is -2.49. The number of phenols is 1. The van der Waals surface area contributed by atoms with Gasteiger partial charge in [-0.2, -0.15) is 13.5 Å². The molecule has 2 aliphatic rings. The van der Waals surface area contributed by atoms with E-state index in [4.69, 9.17) is 23.1 Å². The van der Waals surface area contributed by atoms with Gasteiger partial charge >= 0.3 is 16.6 Å². The fourth-order valence-corrected chi connectivity index (χ4v) is 8.99. The number of aryl methyl sites for hydroxylation is 2. The standard InChI is InChI=1S/C49H58N10O13S.CH4.O3S/c1-31-25-33(34-7-11-38(32(2)26-34)54-55-39-12-8-35-41(73(69,70)71)13-9-36(50)47(35)48(39)67)6-10-37(31)53-49(68)40(5-3-4-17-51-42(61)16-18-59-44(63)14-15-45(59)64)52-43(62)27-56-19-20-57(28-46(65)66)22-24-58(23-21-56)29-72-30-60;;1-4(2)3/h6-15,25-26,30,40,67H,3-5,16-24,27-29,50H2,1-2H3,(H,51,61)(H,52,62)(H,53,68)(H,65,66)(H,69,70,71);1H4;/t40-;;/m1../s1. The Morgan fingerprint density at radius 2 is 1.38 bits per heavy atom. The molecule has 1 fully saturated rings. The number of carboxylic acid groups (broad SMARTS) is 1. The van der Waals surface area contributed by atoms with Crippen LogP contribution in [-0.2, 0) is 59.0 Å². The van der Waals surface area contributed by atoms with Gasteiger partial charge in [0.25, 0.3) is 28.4 Å². The molecule has 28 heteroatoms. The summed E-state index contributed by atoms with van der Waals surface area (Å²) in [6.07, 6.45) is 3.26. The summed E-state index contributed by atoms with van der Waals surface area (Å²) in [5.41, 5.74) is 10.2. The van der Waals surface area contributed by atoms with E-state index in [1.165, 1.54) is 18.2 Å². The van der Waals surface area contributed by atoms with E-state index >= 15 is 0 Å². The lowest BCUT2D eigenvalue weighted by molar-refractivity contribution is -0.139. The van der Waals surface area contributed by atoms with Gasteiger partial charge < -0.3 is 36.6 Å². The first-order valence-corrected chi connectivity index (χ1v) is 26.2. The number of nitrogens with one attached hydrogen (secondary N) is 3. The van der Waals surface area contributed by atoms with Gasteiger partial charge in [0.1, 0.15) is 23.4 Å². The Hall–Kier alpha value is -8.02. The number of nitrogen functional groups attached to an aromatic ring is 1. The van der Waals surface area contributed by atoms with E-state index < -0.39 is 67.0 Å². The molecule has 0 unspecified atom stereocenters. The molecular weight excluding hydrogens is 1060 g/mol. The molecule has 0 spiro atoms. The number of aromatic hydroxyl groups is 1. The third kappa shape index (κ3) is 18.6. The molecule has 0 aliphatic carbocycles. The number of amides is 5. The molecule has 26 nitrogen and oxygen atoms in total. The van der Waals surface area contributed by atoms with Gasteiger partial charge in [-0.3, -0.25) is 57.7 Å². The van der Waals surface area contributed by atoms with Crippen LogP contribution in [0.25, 0.3) is 21.9 Å². The Balaban J connectivity index is 0.00000253. The van der Waals surface area contributed by atoms with Crippen LogP contribution in [0.3, 0.4) is 0 Å². The van der Waals surface area contributed by atoms with E-state index in [9.17, 15) is 56.7 Å². The topological polar surface area (TPSA) is 375 Å². The van der Waals surface area contributed by atoms with Crippen LogP contribution in [-0.4, -0.2) is 176 Å². The van der Waals surface area contributed by atoms with Gasteiger partial charge in [-0.05, 0) is 97.8 Å². The number of hydrogen-bond donors (Lipinski definition) is 7. The van der Waals surface area contributed by atoms with Crippen LogP contribution in [0.1, 0.15) is 44.2 Å². The average Bonchev–Trinajstić information content (AvgIpc) is 3.72. The number of carbonyl (C=O) groups excluding carboxylic acids is 6. The smallest absolute Gasteiger partial charge is 0.425 e. The van der Waals surface area contributed by atoms with E-state index in [0.717, 1.165) is 39.8 Å². The first-order chi connectivity index (χ1) is 36.5. The lowest BCUT2D eigenvalue weighted by atomic mass is 10.00. The van der Waals surface area contributed by atoms with Crippen LogP contribution in [0.2, 0.25) is 0 Å². The van der Waals surface area contributed by atoms with Crippen LogP contribution in [0.5, 0.6) is 5.75 Å². The van der Waals surface area contributed by atoms with Crippen LogP contribution in [0.4, 0.5) is 22.7 Å². The van der Waals surface area contributed by atoms with Gasteiger partial charge in [0.05, 0.1) is 24.2 Å². The number of ether oxygens (including phenoxy) is 1. The number of azo groups is 1. The number of hydrogen-bond acceptors (Lipinski definition) is 20. The number of anilines is 2. The maximum absolute atomic E-state index is 14.1. The summed E-state index contributed by atoms with van der Waals surface area (Å²) >= 11 is 0. The molecule has 1 atom stereocenters. The predicted octanol–water partition coefficient (Wildman–Crippen LogP) is 2.87. The van der Waals surface area contributed by atoms with Gasteiger partial charge in [-0.15, -0.1) is 17.7 Å². The second-order valence-corrected chi connectivity index (χ2v) is 19.5. The first-order valence-electron chi connectivity index (χ1n) is 23.8. The first kappa shape index (κ1) is 62.5. The molecule has 420 valence electrons. The van der Waals surface area contributed by atoms with Gasteiger partial charge in [-0.25, -0.2) is 0 Å². The van der Waals surface area contributed by atoms with Crippen LogP contribution < -0.4 is 21.7 Å². The molecule has 5 amide bonds. The third-order valence-corrected chi connectivity index (χ3v) is 13.2. The average molecular weight is 1120 g/mol. The molecule has 0 radical (unpaired) electrons. The van der Waals surface area contributed by atoms with Crippen LogP contribution in [0.15, 0.2) is 87.9 Å². The molecule has 4 aromatic rings. The highest BCUT2D eigenvalue weighted by molar-refractivity contribution is 7.86. The lowest BCUT2D eigenvalue weighted by Gasteiger charge is -2.26. The van der Waals surface area contributed by atoms with Crippen molar-refractivity contribution >= 4 is 96.2 Å². The number of nitrogens with zero attached hydrogens (tertiary/aromatic N) is 6. The molecule has 2 heterocycles. The summed E-state index contributed by atoms with van der Waals surface area (Å²) in [5.74, 6) is -3.68. The molecule has 1 saturated heterocycles. The van der Waals surface area contributed by atoms with Crippen molar-refractivity contribution in [2.75, 3.05) is 83.2 Å². The molecule has 0 bridgehead atoms. The summed E-state index contributed by atoms with van der Waals surface area (Å²) in [5, 5.41) is 37.6. The Kier molecular flexibility index (Phi) is 23.6. The number of phenolic OH excluding ortho intramolecular Hbond substituents is 1. The van der Waals surface area contributed by atoms with Gasteiger partial charge in [0.15, 0.2) is 5.75 Å². The van der Waals surface area contributed by atoms with Crippen molar-refractivity contribution in [3.05, 3.63) is 83.9 Å². The number of unbranched alkanes of at least 4 members (excludes halogenated alkanes) is 1. The van der Waals surface area contributed by atoms with E-state index in [0.29, 0.717) is 75.5 Å². The number of benzene rings is 4. The fraction of sp³-hybridized carbons (Fsp3) is 0.380. The van der Waals surface area contributed by atoms with Gasteiger partial charge in [0, 0.05) is 87.7 Å². The highest BCUT2D eigenvalue weighted by Gasteiger charge is 2.26. The minimum atomic E-state index is -4.61. The maximum Gasteiger partial charge on any atom is 0.425 e. The molecule has 2 aliphatic heterocycles. The van der Waals surface area contributed by atoms with Crippen molar-refractivity contribution in [3.63, 3.8) is 0 Å². The van der Waals surface area contributed by atoms with E-state index in [2.05, 4.69) is 26.2 Å². The van der Waals surface area contributed by atoms with Crippen molar-refractivity contribution < 1.29 is 74.1 Å². The van der Waals surface area contributed by atoms with Crippen LogP contribution >= 0.6 is 0 Å². The zero-order valence-electron chi connectivity index (χ0n) is 41.9. The number of fused-ring (bicyclic) bond motifs is 1. The van der Waals surface area contributed by atoms with Crippen molar-refractivity contribution in [3.8, 4) is 16.9 Å². The molecule has 4 aromatic carbocycles. The number of imide groups is 1. The SMILES string of the molecule is C.Cc1cc(-c2ccc(NC(=O)[C@@H](CCCCNC(=O)CCN3C(=O)C=CC3=O)NC(=O)CN3CCN(COC=O)CCN(CC(=O)O)CC3)c(C)c2)ccc1N=Nc1ccc2c(S(=O)(=O)O)ccc(N)c2c1O.O=S(=O)=O. The minimum absolute atomic E-state index is 0. The van der Waals surface area contributed by atoms with Gasteiger partial charge in [0.2, 0.25) is 17.7 Å². The van der Waals surface area contributed by atoms with Crippen molar-refractivity contribution in [2.24, 2.45) is 10.2 Å². The Morgan fingerprint density at radius 3 is 1.97 bits per heavy atom. The molecular formula is C50H62N10O16S2. The highest BCUT2D eigenvalue weighted by Crippen LogP contribution is 2.41. The minimum Gasteiger partial charge on any atom is -0.505 e. The largest absolute Gasteiger partial charge is 0.505 e. The van der Waals surface area contributed by atoms with Crippen molar-refractivity contribution in [2.45, 2.75) is 57.9 Å². The summed E-state index contributed by atoms with van der Waals surface area (Å²) in [7, 11) is -7.72. The normalized spacial score (nSPS) is 14.8. The van der Waals surface area contributed by atoms with E-state index in [-0.39, 0.29) is 81.2 Å². The Bertz CT molecular complexity index is 3150. The highest BCUT2D eigenvalue weighted by atomic mass is 32.2. The zero-order valence-corrected chi connectivity index (χ0v) is 43.5. The maximum atomic E-state index is 14.1. The van der Waals surface area contributed by atoms with Crippen molar-refractivity contribution in [1.29, 1.82) is 0 Å². The summed E-state index contributed by atoms with van der Waals surface area (Å²) in [6, 6.07) is 15.0. The van der Waals surface area contributed by atoms with E-state index in [1.54, 1.807) is 17.0 Å². The second kappa shape index (κ2) is 29.5.